The lowest BCUT2D eigenvalue weighted by molar-refractivity contribution is -0.149. The number of carbonyl (C=O) groups excluding carboxylic acids is 1. The van der Waals surface area contributed by atoms with Crippen LogP contribution in [0.5, 0.6) is 0 Å². The summed E-state index contributed by atoms with van der Waals surface area (Å²) in [6.45, 7) is 2.06. The third kappa shape index (κ3) is 3.98. The molecule has 1 aliphatic rings. The van der Waals surface area contributed by atoms with Crippen LogP contribution in [-0.2, 0) is 19.1 Å². The first kappa shape index (κ1) is 13.9. The summed E-state index contributed by atoms with van der Waals surface area (Å²) in [4.78, 5) is 22.4. The first-order valence-electron chi connectivity index (χ1n) is 5.72. The normalized spacial score (nSPS) is 16.5. The Morgan fingerprint density at radius 2 is 2.00 bits per heavy atom. The van der Waals surface area contributed by atoms with Crippen molar-refractivity contribution in [3.05, 3.63) is 0 Å². The molecule has 17 heavy (non-hydrogen) atoms. The third-order valence-corrected chi connectivity index (χ3v) is 2.78. The fourth-order valence-corrected chi connectivity index (χ4v) is 1.45. The average molecular weight is 245 g/mol. The minimum absolute atomic E-state index is 0.373. The number of carbonyl (C=O) groups is 2. The topological polar surface area (TPSA) is 84.9 Å². The van der Waals surface area contributed by atoms with Gasteiger partial charge in [0.25, 0.3) is 0 Å². The molecule has 0 aromatic rings. The Hall–Kier alpha value is -1.14. The second-order valence-corrected chi connectivity index (χ2v) is 4.10. The van der Waals surface area contributed by atoms with Crippen molar-refractivity contribution in [2.75, 3.05) is 33.5 Å². The minimum atomic E-state index is -1.14. The van der Waals surface area contributed by atoms with Crippen molar-refractivity contribution in [2.24, 2.45) is 5.41 Å². The quantitative estimate of drug-likeness (QED) is 0.442. The summed E-state index contributed by atoms with van der Waals surface area (Å²) in [5.74, 6) is -1.40. The molecule has 0 spiro atoms. The van der Waals surface area contributed by atoms with Crippen molar-refractivity contribution in [1.29, 1.82) is 0 Å². The summed E-state index contributed by atoms with van der Waals surface area (Å²) in [5.41, 5.74) is -1.14. The van der Waals surface area contributed by atoms with Gasteiger partial charge >= 0.3 is 5.97 Å². The molecule has 1 rings (SSSR count). The Morgan fingerprint density at radius 1 is 1.29 bits per heavy atom. The summed E-state index contributed by atoms with van der Waals surface area (Å²) in [6.07, 6.45) is 1.56. The van der Waals surface area contributed by atoms with Crippen molar-refractivity contribution in [3.8, 4) is 0 Å². The molecule has 0 aromatic heterocycles. The van der Waals surface area contributed by atoms with Crippen LogP contribution in [0.15, 0.2) is 0 Å². The molecule has 0 atom stereocenters. The predicted octanol–water partition coefficient (Wildman–Crippen LogP) is 0.0205. The molecular weight excluding hydrogens is 226 g/mol. The average Bonchev–Trinajstić information content (AvgIpc) is 3.08. The van der Waals surface area contributed by atoms with E-state index in [1.807, 2.05) is 0 Å². The van der Waals surface area contributed by atoms with Gasteiger partial charge in [-0.05, 0) is 19.3 Å². The van der Waals surface area contributed by atoms with Crippen molar-refractivity contribution in [1.82, 2.24) is 5.32 Å². The first-order chi connectivity index (χ1) is 8.13. The number of amides is 1. The largest absolute Gasteiger partial charge is 0.480 e. The number of aliphatic carboxylic acids is 1. The lowest BCUT2D eigenvalue weighted by atomic mass is 10.1. The van der Waals surface area contributed by atoms with Gasteiger partial charge in [-0.3, -0.25) is 9.59 Å². The molecule has 0 aliphatic heterocycles. The highest BCUT2D eigenvalue weighted by Crippen LogP contribution is 2.45. The van der Waals surface area contributed by atoms with Gasteiger partial charge in [0.1, 0.15) is 5.41 Å². The van der Waals surface area contributed by atoms with E-state index in [2.05, 4.69) is 5.32 Å². The van der Waals surface area contributed by atoms with Crippen LogP contribution < -0.4 is 5.32 Å². The van der Waals surface area contributed by atoms with Crippen molar-refractivity contribution >= 4 is 11.9 Å². The number of rotatable bonds is 9. The van der Waals surface area contributed by atoms with Crippen molar-refractivity contribution < 1.29 is 24.2 Å². The Labute approximate surface area is 100 Å². The monoisotopic (exact) mass is 245 g/mol. The number of hydrogen-bond donors (Lipinski definition) is 2. The molecule has 6 nitrogen and oxygen atoms in total. The SMILES string of the molecule is COCCOCCCNC(=O)C1(C(=O)O)CC1. The third-order valence-electron chi connectivity index (χ3n) is 2.78. The fourth-order valence-electron chi connectivity index (χ4n) is 1.45. The fraction of sp³-hybridized carbons (Fsp3) is 0.818. The van der Waals surface area contributed by atoms with E-state index in [4.69, 9.17) is 14.6 Å². The van der Waals surface area contributed by atoms with Crippen LogP contribution in [0.2, 0.25) is 0 Å². The highest BCUT2D eigenvalue weighted by molar-refractivity contribution is 6.04. The van der Waals surface area contributed by atoms with E-state index >= 15 is 0 Å². The van der Waals surface area contributed by atoms with Crippen LogP contribution in [0.4, 0.5) is 0 Å². The minimum Gasteiger partial charge on any atom is -0.480 e. The maximum atomic E-state index is 11.6. The molecule has 1 fully saturated rings. The molecule has 0 radical (unpaired) electrons. The standard InChI is InChI=1S/C11H19NO5/c1-16-7-8-17-6-2-5-12-9(13)11(3-4-11)10(14)15/h2-8H2,1H3,(H,12,13)(H,14,15). The second kappa shape index (κ2) is 6.56. The molecule has 98 valence electrons. The molecule has 1 saturated carbocycles. The maximum Gasteiger partial charge on any atom is 0.319 e. The van der Waals surface area contributed by atoms with Crippen molar-refractivity contribution in [2.45, 2.75) is 19.3 Å². The predicted molar refractivity (Wildman–Crippen MR) is 59.6 cm³/mol. The number of ether oxygens (including phenoxy) is 2. The Morgan fingerprint density at radius 3 is 2.53 bits per heavy atom. The zero-order chi connectivity index (χ0) is 12.7. The summed E-state index contributed by atoms with van der Waals surface area (Å²) < 4.78 is 10.0. The van der Waals surface area contributed by atoms with Crippen LogP contribution in [0, 0.1) is 5.41 Å². The van der Waals surface area contributed by atoms with E-state index < -0.39 is 11.4 Å². The summed E-state index contributed by atoms with van der Waals surface area (Å²) in [6, 6.07) is 0. The number of carboxylic acid groups (broad SMARTS) is 1. The molecule has 0 aromatic carbocycles. The van der Waals surface area contributed by atoms with Crippen molar-refractivity contribution in [3.63, 3.8) is 0 Å². The van der Waals surface area contributed by atoms with Gasteiger partial charge in [-0.25, -0.2) is 0 Å². The molecule has 0 unspecified atom stereocenters. The van der Waals surface area contributed by atoms with Gasteiger partial charge < -0.3 is 19.9 Å². The van der Waals surface area contributed by atoms with Gasteiger partial charge in [0.2, 0.25) is 5.91 Å². The van der Waals surface area contributed by atoms with Crippen LogP contribution in [0.25, 0.3) is 0 Å². The summed E-state index contributed by atoms with van der Waals surface area (Å²) in [5, 5.41) is 11.5. The van der Waals surface area contributed by atoms with Crippen LogP contribution >= 0.6 is 0 Å². The Balaban J connectivity index is 2.03. The highest BCUT2D eigenvalue weighted by atomic mass is 16.5. The molecule has 1 amide bonds. The van der Waals surface area contributed by atoms with E-state index in [-0.39, 0.29) is 5.91 Å². The van der Waals surface area contributed by atoms with Gasteiger partial charge in [0, 0.05) is 20.3 Å². The van der Waals surface area contributed by atoms with Gasteiger partial charge in [0.05, 0.1) is 13.2 Å². The summed E-state index contributed by atoms with van der Waals surface area (Å²) in [7, 11) is 1.60. The molecular formula is C11H19NO5. The maximum absolute atomic E-state index is 11.6. The molecule has 0 heterocycles. The van der Waals surface area contributed by atoms with Gasteiger partial charge in [-0.1, -0.05) is 0 Å². The van der Waals surface area contributed by atoms with E-state index in [0.717, 1.165) is 0 Å². The molecule has 0 saturated heterocycles. The van der Waals surface area contributed by atoms with E-state index in [1.54, 1.807) is 7.11 Å². The summed E-state index contributed by atoms with van der Waals surface area (Å²) >= 11 is 0. The highest BCUT2D eigenvalue weighted by Gasteiger charge is 2.56. The van der Waals surface area contributed by atoms with Gasteiger partial charge in [-0.2, -0.15) is 0 Å². The Kier molecular flexibility index (Phi) is 5.37. The first-order valence-corrected chi connectivity index (χ1v) is 5.72. The Bertz CT molecular complexity index is 275. The van der Waals surface area contributed by atoms with E-state index in [9.17, 15) is 9.59 Å². The zero-order valence-electron chi connectivity index (χ0n) is 10.0. The molecule has 1 aliphatic carbocycles. The smallest absolute Gasteiger partial charge is 0.319 e. The van der Waals surface area contributed by atoms with E-state index in [1.165, 1.54) is 0 Å². The number of methoxy groups -OCH3 is 1. The van der Waals surface area contributed by atoms with Crippen LogP contribution in [0.3, 0.4) is 0 Å². The number of carboxylic acids is 1. The van der Waals surface area contributed by atoms with Gasteiger partial charge in [-0.15, -0.1) is 0 Å². The lowest BCUT2D eigenvalue weighted by Gasteiger charge is -2.10. The van der Waals surface area contributed by atoms with Crippen LogP contribution in [0.1, 0.15) is 19.3 Å². The molecule has 0 bridgehead atoms. The molecule has 2 N–H and O–H groups in total. The van der Waals surface area contributed by atoms with Gasteiger partial charge in [0.15, 0.2) is 0 Å². The lowest BCUT2D eigenvalue weighted by Crippen LogP contribution is -2.37. The molecule has 6 heteroatoms. The van der Waals surface area contributed by atoms with E-state index in [0.29, 0.717) is 45.6 Å². The van der Waals surface area contributed by atoms with Crippen LogP contribution in [-0.4, -0.2) is 50.5 Å². The number of nitrogens with one attached hydrogen (secondary N) is 1. The number of hydrogen-bond acceptors (Lipinski definition) is 4. The zero-order valence-corrected chi connectivity index (χ0v) is 10.0. The second-order valence-electron chi connectivity index (χ2n) is 4.10.